The first-order valence-corrected chi connectivity index (χ1v) is 9.01. The average Bonchev–Trinajstić information content (AvgIpc) is 3.10. The predicted molar refractivity (Wildman–Crippen MR) is 107 cm³/mol. The van der Waals surface area contributed by atoms with Crippen molar-refractivity contribution in [3.8, 4) is 17.2 Å². The molecule has 0 amide bonds. The Bertz CT molecular complexity index is 1140. The largest absolute Gasteiger partial charge is 0.493 e. The highest BCUT2D eigenvalue weighted by Gasteiger charge is 2.11. The lowest BCUT2D eigenvalue weighted by Crippen LogP contribution is -2.09. The maximum absolute atomic E-state index is 12.3. The van der Waals surface area contributed by atoms with Crippen LogP contribution >= 0.6 is 0 Å². The number of methoxy groups -OCH3 is 2. The summed E-state index contributed by atoms with van der Waals surface area (Å²) < 4.78 is 21.9. The lowest BCUT2D eigenvalue weighted by molar-refractivity contribution is -0.134. The number of hydrogen-bond acceptors (Lipinski definition) is 5. The molecular weight excluding hydrogens is 356 g/mol. The van der Waals surface area contributed by atoms with Crippen LogP contribution in [-0.4, -0.2) is 20.2 Å². The normalized spacial score (nSPS) is 10.9. The number of hydrogen-bond donors (Lipinski definition) is 0. The van der Waals surface area contributed by atoms with Gasteiger partial charge in [0, 0.05) is 17.2 Å². The van der Waals surface area contributed by atoms with Crippen molar-refractivity contribution in [2.75, 3.05) is 14.2 Å². The Kier molecular flexibility index (Phi) is 4.89. The summed E-state index contributed by atoms with van der Waals surface area (Å²) in [7, 11) is 3.18. The number of aryl methyl sites for hydroxylation is 1. The summed E-state index contributed by atoms with van der Waals surface area (Å²) in [6.45, 7) is 0. The van der Waals surface area contributed by atoms with Crippen molar-refractivity contribution in [1.82, 2.24) is 0 Å². The molecule has 1 heterocycles. The van der Waals surface area contributed by atoms with Crippen molar-refractivity contribution in [2.24, 2.45) is 0 Å². The van der Waals surface area contributed by atoms with E-state index < -0.39 is 0 Å². The van der Waals surface area contributed by atoms with Crippen LogP contribution in [0.3, 0.4) is 0 Å². The van der Waals surface area contributed by atoms with Gasteiger partial charge in [0.1, 0.15) is 16.9 Å². The van der Waals surface area contributed by atoms with E-state index in [1.165, 1.54) is 0 Å². The number of fused-ring (bicyclic) bond motifs is 3. The first-order chi connectivity index (χ1) is 13.7. The number of carbonyl (C=O) groups is 1. The summed E-state index contributed by atoms with van der Waals surface area (Å²) in [5.41, 5.74) is 2.56. The SMILES string of the molecule is COc1ccc(CCC(=O)Oc2ccc3oc4ccccc4c3c2)cc1OC. The molecule has 0 aliphatic heterocycles. The smallest absolute Gasteiger partial charge is 0.311 e. The van der Waals surface area contributed by atoms with Crippen molar-refractivity contribution >= 4 is 27.9 Å². The number of furan rings is 1. The number of esters is 1. The Morgan fingerprint density at radius 2 is 1.64 bits per heavy atom. The number of rotatable bonds is 6. The highest BCUT2D eigenvalue weighted by Crippen LogP contribution is 2.31. The minimum atomic E-state index is -0.290. The van der Waals surface area contributed by atoms with E-state index in [0.29, 0.717) is 23.7 Å². The summed E-state index contributed by atoms with van der Waals surface area (Å²) in [5, 5.41) is 1.93. The predicted octanol–water partition coefficient (Wildman–Crippen LogP) is 5.14. The molecule has 5 heteroatoms. The van der Waals surface area contributed by atoms with E-state index in [1.54, 1.807) is 20.3 Å². The van der Waals surface area contributed by atoms with E-state index in [1.807, 2.05) is 54.6 Å². The molecule has 0 fully saturated rings. The number of ether oxygens (including phenoxy) is 3. The molecule has 0 spiro atoms. The van der Waals surface area contributed by atoms with Gasteiger partial charge in [0.2, 0.25) is 0 Å². The van der Waals surface area contributed by atoms with Gasteiger partial charge in [-0.25, -0.2) is 0 Å². The van der Waals surface area contributed by atoms with Gasteiger partial charge in [0.15, 0.2) is 11.5 Å². The molecule has 4 aromatic rings. The summed E-state index contributed by atoms with van der Waals surface area (Å²) in [4.78, 5) is 12.3. The van der Waals surface area contributed by atoms with Crippen LogP contribution in [0.4, 0.5) is 0 Å². The van der Waals surface area contributed by atoms with E-state index in [9.17, 15) is 4.79 Å². The molecule has 28 heavy (non-hydrogen) atoms. The lowest BCUT2D eigenvalue weighted by Gasteiger charge is -2.09. The van der Waals surface area contributed by atoms with Crippen molar-refractivity contribution in [3.63, 3.8) is 0 Å². The Balaban J connectivity index is 1.46. The second-order valence-corrected chi connectivity index (χ2v) is 6.42. The van der Waals surface area contributed by atoms with Crippen molar-refractivity contribution < 1.29 is 23.4 Å². The van der Waals surface area contributed by atoms with Gasteiger partial charge >= 0.3 is 5.97 Å². The zero-order valence-electron chi connectivity index (χ0n) is 15.7. The van der Waals surface area contributed by atoms with E-state index in [-0.39, 0.29) is 12.4 Å². The molecule has 0 saturated carbocycles. The minimum absolute atomic E-state index is 0.264. The summed E-state index contributed by atoms with van der Waals surface area (Å²) in [6, 6.07) is 18.8. The highest BCUT2D eigenvalue weighted by atomic mass is 16.5. The molecule has 4 rings (SSSR count). The monoisotopic (exact) mass is 376 g/mol. The third-order valence-electron chi connectivity index (χ3n) is 4.65. The van der Waals surface area contributed by atoms with Gasteiger partial charge in [-0.2, -0.15) is 0 Å². The van der Waals surface area contributed by atoms with Gasteiger partial charge in [-0.1, -0.05) is 24.3 Å². The van der Waals surface area contributed by atoms with Crippen molar-refractivity contribution in [3.05, 3.63) is 66.2 Å². The lowest BCUT2D eigenvalue weighted by atomic mass is 10.1. The molecule has 0 bridgehead atoms. The average molecular weight is 376 g/mol. The van der Waals surface area contributed by atoms with Gasteiger partial charge in [-0.15, -0.1) is 0 Å². The third-order valence-corrected chi connectivity index (χ3v) is 4.65. The second kappa shape index (κ2) is 7.64. The van der Waals surface area contributed by atoms with Crippen molar-refractivity contribution in [1.29, 1.82) is 0 Å². The first-order valence-electron chi connectivity index (χ1n) is 9.01. The van der Waals surface area contributed by atoms with E-state index in [0.717, 1.165) is 27.5 Å². The zero-order valence-corrected chi connectivity index (χ0v) is 15.7. The fraction of sp³-hybridized carbons (Fsp3) is 0.174. The standard InChI is InChI=1S/C23H20O5/c1-25-21-10-7-15(13-22(21)26-2)8-12-23(24)27-16-9-11-20-18(14-16)17-5-3-4-6-19(17)28-20/h3-7,9-11,13-14H,8,12H2,1-2H3. The van der Waals surface area contributed by atoms with Gasteiger partial charge in [-0.05, 0) is 48.4 Å². The summed E-state index contributed by atoms with van der Waals surface area (Å²) in [5.74, 6) is 1.53. The fourth-order valence-corrected chi connectivity index (χ4v) is 3.23. The van der Waals surface area contributed by atoms with Gasteiger partial charge in [-0.3, -0.25) is 4.79 Å². The number of para-hydroxylation sites is 1. The number of benzene rings is 3. The maximum Gasteiger partial charge on any atom is 0.311 e. The van der Waals surface area contributed by atoms with E-state index in [4.69, 9.17) is 18.6 Å². The maximum atomic E-state index is 12.3. The molecule has 142 valence electrons. The highest BCUT2D eigenvalue weighted by molar-refractivity contribution is 6.05. The van der Waals surface area contributed by atoms with Gasteiger partial charge in [0.05, 0.1) is 14.2 Å². The summed E-state index contributed by atoms with van der Waals surface area (Å²) in [6.07, 6.45) is 0.815. The van der Waals surface area contributed by atoms with Crippen LogP contribution in [0.15, 0.2) is 65.1 Å². The van der Waals surface area contributed by atoms with Crippen molar-refractivity contribution in [2.45, 2.75) is 12.8 Å². The minimum Gasteiger partial charge on any atom is -0.493 e. The molecule has 1 aromatic heterocycles. The second-order valence-electron chi connectivity index (χ2n) is 6.42. The van der Waals surface area contributed by atoms with Crippen LogP contribution in [0.1, 0.15) is 12.0 Å². The first kappa shape index (κ1) is 17.9. The topological polar surface area (TPSA) is 57.9 Å². The molecular formula is C23H20O5. The Morgan fingerprint density at radius 1 is 0.857 bits per heavy atom. The molecule has 3 aromatic carbocycles. The van der Waals surface area contributed by atoms with Crippen LogP contribution in [0.5, 0.6) is 17.2 Å². The Labute approximate surface area is 162 Å². The van der Waals surface area contributed by atoms with Gasteiger partial charge in [0.25, 0.3) is 0 Å². The summed E-state index contributed by atoms with van der Waals surface area (Å²) >= 11 is 0. The van der Waals surface area contributed by atoms with Crippen LogP contribution in [0.2, 0.25) is 0 Å². The molecule has 0 atom stereocenters. The van der Waals surface area contributed by atoms with Crippen LogP contribution in [0.25, 0.3) is 21.9 Å². The quantitative estimate of drug-likeness (QED) is 0.344. The molecule has 0 aliphatic carbocycles. The van der Waals surface area contributed by atoms with Gasteiger partial charge < -0.3 is 18.6 Å². The van der Waals surface area contributed by atoms with Crippen LogP contribution in [-0.2, 0) is 11.2 Å². The molecule has 0 N–H and O–H groups in total. The number of carbonyl (C=O) groups excluding carboxylic acids is 1. The molecule has 0 unspecified atom stereocenters. The molecule has 0 saturated heterocycles. The third kappa shape index (κ3) is 3.51. The molecule has 0 aliphatic rings. The Hall–Kier alpha value is -3.47. The van der Waals surface area contributed by atoms with Crippen LogP contribution < -0.4 is 14.2 Å². The fourth-order valence-electron chi connectivity index (χ4n) is 3.23. The Morgan fingerprint density at radius 3 is 2.46 bits per heavy atom. The molecule has 0 radical (unpaired) electrons. The van der Waals surface area contributed by atoms with E-state index in [2.05, 4.69) is 0 Å². The molecule has 5 nitrogen and oxygen atoms in total. The van der Waals surface area contributed by atoms with Crippen LogP contribution in [0, 0.1) is 0 Å². The zero-order chi connectivity index (χ0) is 19.5. The van der Waals surface area contributed by atoms with E-state index >= 15 is 0 Å².